The van der Waals surface area contributed by atoms with Crippen LogP contribution in [0.4, 0.5) is 5.69 Å². The fraction of sp³-hybridized carbons (Fsp3) is 0.684. The molecule has 1 aromatic rings. The van der Waals surface area contributed by atoms with Gasteiger partial charge in [0.05, 0.1) is 0 Å². The molecule has 1 aliphatic rings. The highest BCUT2D eigenvalue weighted by Gasteiger charge is 2.22. The number of benzene rings is 1. The zero-order valence-electron chi connectivity index (χ0n) is 14.4. The van der Waals surface area contributed by atoms with Crippen molar-refractivity contribution in [2.75, 3.05) is 11.9 Å². The molecule has 1 aromatic carbocycles. The van der Waals surface area contributed by atoms with Gasteiger partial charge in [-0.25, -0.2) is 0 Å². The number of hydrogen-bond acceptors (Lipinski definition) is 2. The van der Waals surface area contributed by atoms with E-state index < -0.39 is 0 Å². The Morgan fingerprint density at radius 3 is 2.67 bits per heavy atom. The second kappa shape index (κ2) is 7.31. The molecule has 2 rings (SSSR count). The molecule has 1 saturated carbocycles. The molecule has 0 spiro atoms. The van der Waals surface area contributed by atoms with Gasteiger partial charge in [0.1, 0.15) is 0 Å². The molecule has 1 fully saturated rings. The van der Waals surface area contributed by atoms with Gasteiger partial charge in [-0.05, 0) is 48.9 Å². The lowest BCUT2D eigenvalue weighted by atomic mass is 9.86. The van der Waals surface area contributed by atoms with Crippen molar-refractivity contribution in [3.63, 3.8) is 0 Å². The maximum atomic E-state index is 3.51. The molecule has 0 aromatic heterocycles. The number of hydrogen-bond donors (Lipinski definition) is 1. The van der Waals surface area contributed by atoms with Crippen LogP contribution in [-0.4, -0.2) is 19.1 Å². The first-order valence-corrected chi connectivity index (χ1v) is 8.53. The van der Waals surface area contributed by atoms with E-state index in [1.807, 2.05) is 0 Å². The van der Waals surface area contributed by atoms with Gasteiger partial charge in [0.25, 0.3) is 0 Å². The minimum atomic E-state index is 0.537. The Morgan fingerprint density at radius 1 is 1.29 bits per heavy atom. The van der Waals surface area contributed by atoms with Crippen molar-refractivity contribution in [1.29, 1.82) is 0 Å². The van der Waals surface area contributed by atoms with Gasteiger partial charge in [-0.2, -0.15) is 0 Å². The van der Waals surface area contributed by atoms with E-state index in [1.165, 1.54) is 42.5 Å². The summed E-state index contributed by atoms with van der Waals surface area (Å²) in [5, 5.41) is 3.51. The normalized spacial score (nSPS) is 22.6. The topological polar surface area (TPSA) is 15.3 Å². The van der Waals surface area contributed by atoms with Crippen LogP contribution in [-0.2, 0) is 6.54 Å². The van der Waals surface area contributed by atoms with E-state index in [4.69, 9.17) is 0 Å². The summed E-state index contributed by atoms with van der Waals surface area (Å²) in [7, 11) is 2.27. The Kier molecular flexibility index (Phi) is 5.69. The van der Waals surface area contributed by atoms with Gasteiger partial charge in [0.15, 0.2) is 0 Å². The number of rotatable bonds is 5. The molecule has 0 aliphatic heterocycles. The first-order chi connectivity index (χ1) is 9.97. The molecule has 118 valence electrons. The Labute approximate surface area is 130 Å². The van der Waals surface area contributed by atoms with E-state index in [0.717, 1.165) is 12.5 Å². The summed E-state index contributed by atoms with van der Waals surface area (Å²) in [6, 6.07) is 8.20. The molecule has 2 atom stereocenters. The number of aryl methyl sites for hydroxylation is 1. The number of nitrogens with zero attached hydrogens (tertiary/aromatic N) is 1. The van der Waals surface area contributed by atoms with Crippen LogP contribution in [0.15, 0.2) is 18.2 Å². The van der Waals surface area contributed by atoms with Gasteiger partial charge in [0, 0.05) is 31.4 Å². The van der Waals surface area contributed by atoms with Crippen LogP contribution < -0.4 is 10.2 Å². The molecule has 2 heteroatoms. The lowest BCUT2D eigenvalue weighted by molar-refractivity contribution is 0.336. The molecule has 0 heterocycles. The molecule has 21 heavy (non-hydrogen) atoms. The van der Waals surface area contributed by atoms with E-state index in [1.54, 1.807) is 0 Å². The van der Waals surface area contributed by atoms with Crippen LogP contribution in [0.25, 0.3) is 0 Å². The number of anilines is 1. The zero-order valence-corrected chi connectivity index (χ0v) is 14.4. The summed E-state index contributed by atoms with van der Waals surface area (Å²) < 4.78 is 0. The third-order valence-corrected chi connectivity index (χ3v) is 4.89. The fourth-order valence-electron chi connectivity index (χ4n) is 3.38. The molecule has 0 bridgehead atoms. The summed E-state index contributed by atoms with van der Waals surface area (Å²) in [6.45, 7) is 9.99. The third kappa shape index (κ3) is 4.47. The molecule has 0 radical (unpaired) electrons. The third-order valence-electron chi connectivity index (χ3n) is 4.89. The smallest absolute Gasteiger partial charge is 0.0368 e. The Morgan fingerprint density at radius 2 is 2.05 bits per heavy atom. The average Bonchev–Trinajstić information content (AvgIpc) is 2.45. The first kappa shape index (κ1) is 16.4. The van der Waals surface area contributed by atoms with Crippen molar-refractivity contribution in [1.82, 2.24) is 5.32 Å². The van der Waals surface area contributed by atoms with Gasteiger partial charge in [-0.1, -0.05) is 39.7 Å². The van der Waals surface area contributed by atoms with Gasteiger partial charge in [-0.3, -0.25) is 0 Å². The van der Waals surface area contributed by atoms with Crippen molar-refractivity contribution in [2.45, 2.75) is 72.0 Å². The molecule has 1 aliphatic carbocycles. The van der Waals surface area contributed by atoms with E-state index in [2.05, 4.69) is 63.2 Å². The highest BCUT2D eigenvalue weighted by molar-refractivity contribution is 5.51. The summed E-state index contributed by atoms with van der Waals surface area (Å²) >= 11 is 0. The summed E-state index contributed by atoms with van der Waals surface area (Å²) in [6.07, 6.45) is 5.47. The van der Waals surface area contributed by atoms with Crippen molar-refractivity contribution >= 4 is 5.69 Å². The van der Waals surface area contributed by atoms with E-state index >= 15 is 0 Å². The zero-order chi connectivity index (χ0) is 15.4. The highest BCUT2D eigenvalue weighted by atomic mass is 15.1. The maximum Gasteiger partial charge on any atom is 0.0368 e. The van der Waals surface area contributed by atoms with Crippen LogP contribution in [0.2, 0.25) is 0 Å². The predicted molar refractivity (Wildman–Crippen MR) is 93.0 cm³/mol. The standard InChI is InChI=1S/C19H32N2/c1-14(2)20-13-17-9-10-19(12-16(17)4)21(5)18-8-6-7-15(3)11-18/h9-10,12,14-15,18,20H,6-8,11,13H2,1-5H3. The fourth-order valence-corrected chi connectivity index (χ4v) is 3.38. The molecular formula is C19H32N2. The predicted octanol–water partition coefficient (Wildman–Crippen LogP) is 4.51. The SMILES string of the molecule is Cc1cc(N(C)C2CCCC(C)C2)ccc1CNC(C)C. The van der Waals surface area contributed by atoms with E-state index in [-0.39, 0.29) is 0 Å². The van der Waals surface area contributed by atoms with E-state index in [0.29, 0.717) is 12.1 Å². The monoisotopic (exact) mass is 288 g/mol. The Bertz CT molecular complexity index is 453. The average molecular weight is 288 g/mol. The van der Waals surface area contributed by atoms with Gasteiger partial charge in [0.2, 0.25) is 0 Å². The second-order valence-electron chi connectivity index (χ2n) is 7.18. The van der Waals surface area contributed by atoms with Crippen molar-refractivity contribution in [2.24, 2.45) is 5.92 Å². The van der Waals surface area contributed by atoms with Crippen molar-refractivity contribution in [3.05, 3.63) is 29.3 Å². The lowest BCUT2D eigenvalue weighted by Gasteiger charge is -2.36. The number of nitrogens with one attached hydrogen (secondary N) is 1. The lowest BCUT2D eigenvalue weighted by Crippen LogP contribution is -2.35. The van der Waals surface area contributed by atoms with Crippen molar-refractivity contribution in [3.8, 4) is 0 Å². The summed E-state index contributed by atoms with van der Waals surface area (Å²) in [5.41, 5.74) is 4.19. The molecule has 2 nitrogen and oxygen atoms in total. The quantitative estimate of drug-likeness (QED) is 0.857. The molecule has 1 N–H and O–H groups in total. The van der Waals surface area contributed by atoms with Crippen LogP contribution >= 0.6 is 0 Å². The molecule has 2 unspecified atom stereocenters. The van der Waals surface area contributed by atoms with Crippen LogP contribution in [0, 0.1) is 12.8 Å². The molecule has 0 amide bonds. The first-order valence-electron chi connectivity index (χ1n) is 8.53. The van der Waals surface area contributed by atoms with Gasteiger partial charge in [-0.15, -0.1) is 0 Å². The second-order valence-corrected chi connectivity index (χ2v) is 7.18. The van der Waals surface area contributed by atoms with Gasteiger partial charge >= 0.3 is 0 Å². The summed E-state index contributed by atoms with van der Waals surface area (Å²) in [4.78, 5) is 2.50. The van der Waals surface area contributed by atoms with Gasteiger partial charge < -0.3 is 10.2 Å². The van der Waals surface area contributed by atoms with E-state index in [9.17, 15) is 0 Å². The highest BCUT2D eigenvalue weighted by Crippen LogP contribution is 2.30. The molecule has 0 saturated heterocycles. The molecular weight excluding hydrogens is 256 g/mol. The van der Waals surface area contributed by atoms with Crippen LogP contribution in [0.5, 0.6) is 0 Å². The van der Waals surface area contributed by atoms with Crippen molar-refractivity contribution < 1.29 is 0 Å². The Hall–Kier alpha value is -1.02. The summed E-state index contributed by atoms with van der Waals surface area (Å²) in [5.74, 6) is 0.877. The van der Waals surface area contributed by atoms with Crippen LogP contribution in [0.3, 0.4) is 0 Å². The largest absolute Gasteiger partial charge is 0.372 e. The minimum Gasteiger partial charge on any atom is -0.372 e. The van der Waals surface area contributed by atoms with Crippen LogP contribution in [0.1, 0.15) is 57.6 Å². The Balaban J connectivity index is 2.04. The minimum absolute atomic E-state index is 0.537. The maximum absolute atomic E-state index is 3.51.